The molecule has 0 aromatic heterocycles. The Bertz CT molecular complexity index is 271. The lowest BCUT2D eigenvalue weighted by Crippen LogP contribution is -2.24. The molecule has 0 aliphatic heterocycles. The second kappa shape index (κ2) is 5.16. The highest BCUT2D eigenvalue weighted by Crippen LogP contribution is 2.08. The summed E-state index contributed by atoms with van der Waals surface area (Å²) in [5.41, 5.74) is 4.10. The molecular weight excluding hydrogens is 170 g/mol. The fourth-order valence-corrected chi connectivity index (χ4v) is 1.61. The van der Waals surface area contributed by atoms with Gasteiger partial charge in [-0.2, -0.15) is 0 Å². The summed E-state index contributed by atoms with van der Waals surface area (Å²) in [5.74, 6) is 0. The predicted octanol–water partition coefficient (Wildman–Crippen LogP) is 3.19. The zero-order valence-electron chi connectivity index (χ0n) is 9.72. The fraction of sp³-hybridized carbons (Fsp3) is 0.538. The topological polar surface area (TPSA) is 12.0 Å². The van der Waals surface area contributed by atoms with Gasteiger partial charge in [-0.3, -0.25) is 0 Å². The van der Waals surface area contributed by atoms with E-state index < -0.39 is 0 Å². The van der Waals surface area contributed by atoms with Crippen molar-refractivity contribution in [2.24, 2.45) is 0 Å². The third-order valence-electron chi connectivity index (χ3n) is 2.55. The van der Waals surface area contributed by atoms with Crippen molar-refractivity contribution in [2.75, 3.05) is 0 Å². The summed E-state index contributed by atoms with van der Waals surface area (Å²) in [6.07, 6.45) is 1.19. The van der Waals surface area contributed by atoms with Crippen molar-refractivity contribution < 1.29 is 0 Å². The molecule has 14 heavy (non-hydrogen) atoms. The molecule has 0 amide bonds. The smallest absolute Gasteiger partial charge is 0.0208 e. The Morgan fingerprint density at radius 2 is 1.71 bits per heavy atom. The van der Waals surface area contributed by atoms with Crippen molar-refractivity contribution in [2.45, 2.75) is 46.7 Å². The highest BCUT2D eigenvalue weighted by molar-refractivity contribution is 5.28. The number of benzene rings is 1. The normalized spacial score (nSPS) is 12.9. The quantitative estimate of drug-likeness (QED) is 0.770. The van der Waals surface area contributed by atoms with Crippen LogP contribution in [0.1, 0.15) is 37.0 Å². The Balaban J connectivity index is 2.58. The number of hydrogen-bond donors (Lipinski definition) is 1. The summed E-state index contributed by atoms with van der Waals surface area (Å²) in [5, 5.41) is 3.50. The van der Waals surface area contributed by atoms with E-state index >= 15 is 0 Å². The maximum absolute atomic E-state index is 3.50. The molecule has 1 nitrogen and oxygen atoms in total. The summed E-state index contributed by atoms with van der Waals surface area (Å²) in [4.78, 5) is 0. The van der Waals surface area contributed by atoms with Crippen LogP contribution in [0, 0.1) is 13.8 Å². The Labute approximate surface area is 87.5 Å². The molecule has 0 saturated heterocycles. The van der Waals surface area contributed by atoms with Crippen molar-refractivity contribution in [3.63, 3.8) is 0 Å². The minimum atomic E-state index is 0.607. The van der Waals surface area contributed by atoms with Gasteiger partial charge >= 0.3 is 0 Å². The van der Waals surface area contributed by atoms with Crippen molar-refractivity contribution in [1.29, 1.82) is 0 Å². The van der Waals surface area contributed by atoms with Crippen LogP contribution in [-0.2, 0) is 6.54 Å². The lowest BCUT2D eigenvalue weighted by molar-refractivity contribution is 0.534. The molecule has 0 saturated carbocycles. The van der Waals surface area contributed by atoms with Gasteiger partial charge in [-0.1, -0.05) is 36.2 Å². The lowest BCUT2D eigenvalue weighted by Gasteiger charge is -2.12. The maximum atomic E-state index is 3.50. The molecule has 0 bridgehead atoms. The van der Waals surface area contributed by atoms with Gasteiger partial charge in [-0.25, -0.2) is 0 Å². The van der Waals surface area contributed by atoms with Gasteiger partial charge in [-0.15, -0.1) is 0 Å². The van der Waals surface area contributed by atoms with E-state index in [1.807, 2.05) is 0 Å². The number of rotatable bonds is 4. The zero-order chi connectivity index (χ0) is 10.6. The molecule has 1 heteroatoms. The molecule has 0 spiro atoms. The summed E-state index contributed by atoms with van der Waals surface area (Å²) in [6.45, 7) is 9.72. The first-order valence-electron chi connectivity index (χ1n) is 5.42. The molecule has 1 aromatic rings. The van der Waals surface area contributed by atoms with Crippen LogP contribution in [0.15, 0.2) is 18.2 Å². The van der Waals surface area contributed by atoms with E-state index in [1.165, 1.54) is 23.1 Å². The third-order valence-corrected chi connectivity index (χ3v) is 2.55. The fourth-order valence-electron chi connectivity index (χ4n) is 1.61. The minimum absolute atomic E-state index is 0.607. The van der Waals surface area contributed by atoms with Crippen LogP contribution in [-0.4, -0.2) is 6.04 Å². The van der Waals surface area contributed by atoms with Crippen molar-refractivity contribution in [3.8, 4) is 0 Å². The molecule has 1 atom stereocenters. The standard InChI is InChI=1S/C13H21N/c1-5-12(4)14-9-13-7-10(2)6-11(3)8-13/h6-8,12,14H,5,9H2,1-4H3/t12-/m1/s1. The number of nitrogens with one attached hydrogen (secondary N) is 1. The largest absolute Gasteiger partial charge is 0.310 e. The minimum Gasteiger partial charge on any atom is -0.310 e. The average Bonchev–Trinajstić information content (AvgIpc) is 2.12. The highest BCUT2D eigenvalue weighted by Gasteiger charge is 1.99. The molecular formula is C13H21N. The van der Waals surface area contributed by atoms with Gasteiger partial charge in [-0.05, 0) is 32.8 Å². The van der Waals surface area contributed by atoms with Gasteiger partial charge in [0.05, 0.1) is 0 Å². The van der Waals surface area contributed by atoms with E-state index in [1.54, 1.807) is 0 Å². The molecule has 78 valence electrons. The number of aryl methyl sites for hydroxylation is 2. The van der Waals surface area contributed by atoms with Crippen molar-refractivity contribution in [1.82, 2.24) is 5.32 Å². The highest BCUT2D eigenvalue weighted by atomic mass is 14.9. The van der Waals surface area contributed by atoms with Crippen molar-refractivity contribution >= 4 is 0 Å². The number of hydrogen-bond acceptors (Lipinski definition) is 1. The molecule has 1 N–H and O–H groups in total. The summed E-state index contributed by atoms with van der Waals surface area (Å²) in [6, 6.07) is 7.33. The molecule has 0 heterocycles. The van der Waals surface area contributed by atoms with Gasteiger partial charge in [0.2, 0.25) is 0 Å². The Morgan fingerprint density at radius 1 is 1.14 bits per heavy atom. The Kier molecular flexibility index (Phi) is 4.15. The third kappa shape index (κ3) is 3.51. The van der Waals surface area contributed by atoms with E-state index in [0.29, 0.717) is 6.04 Å². The van der Waals surface area contributed by atoms with Crippen LogP contribution in [0.2, 0.25) is 0 Å². The summed E-state index contributed by atoms with van der Waals surface area (Å²) >= 11 is 0. The van der Waals surface area contributed by atoms with Crippen LogP contribution in [0.4, 0.5) is 0 Å². The molecule has 0 aliphatic carbocycles. The monoisotopic (exact) mass is 191 g/mol. The molecule has 1 aromatic carbocycles. The van der Waals surface area contributed by atoms with Gasteiger partial charge in [0.15, 0.2) is 0 Å². The molecule has 0 aliphatic rings. The maximum Gasteiger partial charge on any atom is 0.0208 e. The van der Waals surface area contributed by atoms with Crippen LogP contribution in [0.25, 0.3) is 0 Å². The van der Waals surface area contributed by atoms with E-state index in [9.17, 15) is 0 Å². The van der Waals surface area contributed by atoms with E-state index in [2.05, 4.69) is 51.2 Å². The molecule has 0 unspecified atom stereocenters. The SMILES string of the molecule is CC[C@@H](C)NCc1cc(C)cc(C)c1. The van der Waals surface area contributed by atoms with E-state index in [4.69, 9.17) is 0 Å². The first-order chi connectivity index (χ1) is 6.61. The second-order valence-corrected chi connectivity index (χ2v) is 4.19. The zero-order valence-corrected chi connectivity index (χ0v) is 9.72. The summed E-state index contributed by atoms with van der Waals surface area (Å²) < 4.78 is 0. The van der Waals surface area contributed by atoms with E-state index in [-0.39, 0.29) is 0 Å². The van der Waals surface area contributed by atoms with Gasteiger partial charge < -0.3 is 5.32 Å². The second-order valence-electron chi connectivity index (χ2n) is 4.19. The Hall–Kier alpha value is -0.820. The molecule has 0 radical (unpaired) electrons. The molecule has 1 rings (SSSR count). The predicted molar refractivity (Wildman–Crippen MR) is 62.5 cm³/mol. The van der Waals surface area contributed by atoms with Crippen LogP contribution < -0.4 is 5.32 Å². The van der Waals surface area contributed by atoms with Crippen LogP contribution >= 0.6 is 0 Å². The lowest BCUT2D eigenvalue weighted by atomic mass is 10.1. The van der Waals surface area contributed by atoms with Gasteiger partial charge in [0, 0.05) is 12.6 Å². The molecule has 0 fully saturated rings. The first kappa shape index (κ1) is 11.3. The van der Waals surface area contributed by atoms with Gasteiger partial charge in [0.1, 0.15) is 0 Å². The summed E-state index contributed by atoms with van der Waals surface area (Å²) in [7, 11) is 0. The van der Waals surface area contributed by atoms with Crippen LogP contribution in [0.3, 0.4) is 0 Å². The van der Waals surface area contributed by atoms with Crippen molar-refractivity contribution in [3.05, 3.63) is 34.9 Å². The van der Waals surface area contributed by atoms with Crippen LogP contribution in [0.5, 0.6) is 0 Å². The Morgan fingerprint density at radius 3 is 2.21 bits per heavy atom. The van der Waals surface area contributed by atoms with Gasteiger partial charge in [0.25, 0.3) is 0 Å². The average molecular weight is 191 g/mol. The first-order valence-corrected chi connectivity index (χ1v) is 5.42. The van der Waals surface area contributed by atoms with E-state index in [0.717, 1.165) is 6.54 Å².